The van der Waals surface area contributed by atoms with E-state index < -0.39 is 9.84 Å². The molecule has 0 saturated carbocycles. The minimum Gasteiger partial charge on any atom is -0.409 e. The van der Waals surface area contributed by atoms with Crippen LogP contribution in [-0.4, -0.2) is 47.2 Å². The number of benzene rings is 1. The van der Waals surface area contributed by atoms with E-state index in [1.54, 1.807) is 4.68 Å². The molecular weight excluding hydrogens is 438 g/mol. The Hall–Kier alpha value is -1.03. The standard InChI is InChI=1S/C17H22BrN3O3S2/c1-2-3-8-20(15-7-9-26(22,23)11-15)12-21-17(25)24-16(19-21)13-5-4-6-14(18)10-13/h4-6,10,15H,2-3,7-9,11-12H2,1H3/t15-/m1/s1. The van der Waals surface area contributed by atoms with E-state index >= 15 is 0 Å². The molecule has 1 atom stereocenters. The van der Waals surface area contributed by atoms with Crippen molar-refractivity contribution in [2.24, 2.45) is 0 Å². The number of nitrogens with zero attached hydrogens (tertiary/aromatic N) is 3. The average molecular weight is 460 g/mol. The Kier molecular flexibility index (Phi) is 6.32. The molecule has 0 aliphatic carbocycles. The van der Waals surface area contributed by atoms with Gasteiger partial charge < -0.3 is 4.42 Å². The van der Waals surface area contributed by atoms with E-state index in [0.717, 1.165) is 29.4 Å². The summed E-state index contributed by atoms with van der Waals surface area (Å²) in [6, 6.07) is 7.69. The lowest BCUT2D eigenvalue weighted by Crippen LogP contribution is -2.38. The predicted molar refractivity (Wildman–Crippen MR) is 107 cm³/mol. The zero-order chi connectivity index (χ0) is 18.7. The molecule has 2 aromatic rings. The molecule has 0 radical (unpaired) electrons. The summed E-state index contributed by atoms with van der Waals surface area (Å²) in [7, 11) is -2.94. The fourth-order valence-electron chi connectivity index (χ4n) is 3.10. The van der Waals surface area contributed by atoms with E-state index in [9.17, 15) is 8.42 Å². The molecule has 1 saturated heterocycles. The van der Waals surface area contributed by atoms with Gasteiger partial charge in [-0.2, -0.15) is 0 Å². The summed E-state index contributed by atoms with van der Waals surface area (Å²) >= 11 is 8.77. The highest BCUT2D eigenvalue weighted by atomic mass is 79.9. The number of aromatic nitrogens is 2. The minimum absolute atomic E-state index is 0.0134. The number of rotatable bonds is 7. The van der Waals surface area contributed by atoms with Crippen LogP contribution in [0.15, 0.2) is 33.2 Å². The molecule has 0 unspecified atom stereocenters. The number of sulfone groups is 1. The fourth-order valence-corrected chi connectivity index (χ4v) is 5.44. The monoisotopic (exact) mass is 459 g/mol. The van der Waals surface area contributed by atoms with Gasteiger partial charge in [0.25, 0.3) is 4.84 Å². The van der Waals surface area contributed by atoms with E-state index in [-0.39, 0.29) is 17.5 Å². The van der Waals surface area contributed by atoms with E-state index in [1.807, 2.05) is 24.3 Å². The second-order valence-electron chi connectivity index (χ2n) is 6.55. The smallest absolute Gasteiger partial charge is 0.288 e. The van der Waals surface area contributed by atoms with E-state index in [1.165, 1.54) is 0 Å². The Labute approximate surface area is 167 Å². The molecule has 1 aliphatic rings. The van der Waals surface area contributed by atoms with Crippen LogP contribution in [0.2, 0.25) is 0 Å². The first-order valence-electron chi connectivity index (χ1n) is 8.66. The van der Waals surface area contributed by atoms with Crippen molar-refractivity contribution in [1.82, 2.24) is 14.7 Å². The average Bonchev–Trinajstić information content (AvgIpc) is 3.14. The maximum atomic E-state index is 11.9. The normalized spacial score (nSPS) is 19.3. The highest BCUT2D eigenvalue weighted by Crippen LogP contribution is 2.23. The molecule has 1 aliphatic heterocycles. The zero-order valence-corrected chi connectivity index (χ0v) is 17.8. The van der Waals surface area contributed by atoms with Gasteiger partial charge in [0, 0.05) is 22.6 Å². The van der Waals surface area contributed by atoms with Crippen molar-refractivity contribution in [3.63, 3.8) is 0 Å². The Morgan fingerprint density at radius 3 is 2.92 bits per heavy atom. The largest absolute Gasteiger partial charge is 0.409 e. The van der Waals surface area contributed by atoms with Gasteiger partial charge >= 0.3 is 0 Å². The highest BCUT2D eigenvalue weighted by molar-refractivity contribution is 9.10. The van der Waals surface area contributed by atoms with Crippen LogP contribution in [0.4, 0.5) is 0 Å². The van der Waals surface area contributed by atoms with Gasteiger partial charge in [-0.3, -0.25) is 4.90 Å². The minimum atomic E-state index is -2.94. The third-order valence-electron chi connectivity index (χ3n) is 4.52. The van der Waals surface area contributed by atoms with E-state index in [0.29, 0.717) is 23.8 Å². The number of unbranched alkanes of at least 4 members (excludes halogenated alkanes) is 1. The van der Waals surface area contributed by atoms with Crippen molar-refractivity contribution in [1.29, 1.82) is 0 Å². The SMILES string of the molecule is CCCCN(Cn1nc(-c2cccc(Br)c2)oc1=S)[C@@H]1CCS(=O)(=O)C1. The maximum Gasteiger partial charge on any atom is 0.288 e. The summed E-state index contributed by atoms with van der Waals surface area (Å²) in [5.74, 6) is 0.930. The molecule has 1 fully saturated rings. The lowest BCUT2D eigenvalue weighted by atomic mass is 10.2. The van der Waals surface area contributed by atoms with Crippen LogP contribution in [0.5, 0.6) is 0 Å². The topological polar surface area (TPSA) is 68.3 Å². The molecule has 142 valence electrons. The number of hydrogen-bond donors (Lipinski definition) is 0. The van der Waals surface area contributed by atoms with Gasteiger partial charge in [-0.15, -0.1) is 5.10 Å². The van der Waals surface area contributed by atoms with Gasteiger partial charge in [-0.25, -0.2) is 13.1 Å². The van der Waals surface area contributed by atoms with Crippen LogP contribution in [0.25, 0.3) is 11.5 Å². The van der Waals surface area contributed by atoms with Gasteiger partial charge in [0.15, 0.2) is 9.84 Å². The summed E-state index contributed by atoms with van der Waals surface area (Å²) in [6.07, 6.45) is 2.71. The van der Waals surface area contributed by atoms with Gasteiger partial charge in [0.1, 0.15) is 0 Å². The summed E-state index contributed by atoms with van der Waals surface area (Å²) in [5, 5.41) is 4.51. The summed E-state index contributed by atoms with van der Waals surface area (Å²) in [5.41, 5.74) is 0.841. The summed E-state index contributed by atoms with van der Waals surface area (Å²) < 4.78 is 32.0. The summed E-state index contributed by atoms with van der Waals surface area (Å²) in [4.78, 5) is 2.46. The quantitative estimate of drug-likeness (QED) is 0.585. The second-order valence-corrected chi connectivity index (χ2v) is 10.0. The van der Waals surface area contributed by atoms with Gasteiger partial charge in [0.2, 0.25) is 5.89 Å². The zero-order valence-electron chi connectivity index (χ0n) is 14.6. The van der Waals surface area contributed by atoms with Crippen LogP contribution < -0.4 is 0 Å². The molecule has 0 spiro atoms. The van der Waals surface area contributed by atoms with Crippen molar-refractivity contribution >= 4 is 38.0 Å². The van der Waals surface area contributed by atoms with Crippen LogP contribution in [0.1, 0.15) is 26.2 Å². The molecule has 2 heterocycles. The van der Waals surface area contributed by atoms with Crippen LogP contribution in [0.3, 0.4) is 0 Å². The van der Waals surface area contributed by atoms with Crippen molar-refractivity contribution in [3.05, 3.63) is 33.6 Å². The first-order valence-corrected chi connectivity index (χ1v) is 11.7. The molecule has 26 heavy (non-hydrogen) atoms. The maximum absolute atomic E-state index is 11.9. The van der Waals surface area contributed by atoms with Crippen molar-refractivity contribution in [2.45, 2.75) is 38.9 Å². The molecule has 1 aromatic carbocycles. The molecule has 6 nitrogen and oxygen atoms in total. The molecule has 9 heteroatoms. The highest BCUT2D eigenvalue weighted by Gasteiger charge is 2.32. The van der Waals surface area contributed by atoms with Crippen molar-refractivity contribution in [3.8, 4) is 11.5 Å². The molecule has 0 N–H and O–H groups in total. The third-order valence-corrected chi connectivity index (χ3v) is 7.05. The van der Waals surface area contributed by atoms with Crippen LogP contribution >= 0.6 is 28.1 Å². The second kappa shape index (κ2) is 8.33. The Bertz CT molecular complexity index is 923. The molecule has 0 amide bonds. The Morgan fingerprint density at radius 1 is 1.46 bits per heavy atom. The molecule has 3 rings (SSSR count). The van der Waals surface area contributed by atoms with Gasteiger partial charge in [-0.05, 0) is 43.3 Å². The van der Waals surface area contributed by atoms with Gasteiger partial charge in [-0.1, -0.05) is 35.3 Å². The van der Waals surface area contributed by atoms with Crippen molar-refractivity contribution in [2.75, 3.05) is 18.1 Å². The first-order chi connectivity index (χ1) is 12.4. The Morgan fingerprint density at radius 2 is 2.27 bits per heavy atom. The van der Waals surface area contributed by atoms with E-state index in [2.05, 4.69) is 32.9 Å². The Balaban J connectivity index is 1.81. The van der Waals surface area contributed by atoms with E-state index in [4.69, 9.17) is 16.6 Å². The number of hydrogen-bond acceptors (Lipinski definition) is 6. The first kappa shape index (κ1) is 19.7. The molecular formula is C17H22BrN3O3S2. The molecule has 0 bridgehead atoms. The fraction of sp³-hybridized carbons (Fsp3) is 0.529. The summed E-state index contributed by atoms with van der Waals surface area (Å²) in [6.45, 7) is 3.38. The lowest BCUT2D eigenvalue weighted by molar-refractivity contribution is 0.151. The van der Waals surface area contributed by atoms with Crippen molar-refractivity contribution < 1.29 is 12.8 Å². The van der Waals surface area contributed by atoms with Gasteiger partial charge in [0.05, 0.1) is 18.2 Å². The van der Waals surface area contributed by atoms with Crippen LogP contribution in [-0.2, 0) is 16.5 Å². The third kappa shape index (κ3) is 4.82. The predicted octanol–water partition coefficient (Wildman–Crippen LogP) is 3.88. The van der Waals surface area contributed by atoms with Crippen LogP contribution in [0, 0.1) is 4.84 Å². The molecule has 1 aromatic heterocycles. The lowest BCUT2D eigenvalue weighted by Gasteiger charge is -2.27. The number of halogens is 1.